The van der Waals surface area contributed by atoms with E-state index < -0.39 is 0 Å². The van der Waals surface area contributed by atoms with Gasteiger partial charge in [-0.25, -0.2) is 4.39 Å². The second-order valence-corrected chi connectivity index (χ2v) is 5.99. The first-order valence-electron chi connectivity index (χ1n) is 7.50. The number of hydrogen-bond acceptors (Lipinski definition) is 0. The second kappa shape index (κ2) is 3.95. The van der Waals surface area contributed by atoms with Gasteiger partial charge in [-0.15, -0.1) is 0 Å². The highest BCUT2D eigenvalue weighted by molar-refractivity contribution is 6.29. The van der Waals surface area contributed by atoms with E-state index >= 15 is 4.39 Å². The maximum absolute atomic E-state index is 15.2. The van der Waals surface area contributed by atoms with E-state index in [1.165, 1.54) is 16.2 Å². The Labute approximate surface area is 127 Å². The SMILES string of the molecule is Cc1cccc2c1c(F)c1ccc3cccc4ccc2c1c34. The van der Waals surface area contributed by atoms with Crippen LogP contribution in [0.5, 0.6) is 0 Å². The van der Waals surface area contributed by atoms with Crippen LogP contribution in [0.15, 0.2) is 60.7 Å². The molecule has 0 fully saturated rings. The molecule has 104 valence electrons. The van der Waals surface area contributed by atoms with Crippen LogP contribution >= 0.6 is 0 Å². The van der Waals surface area contributed by atoms with Gasteiger partial charge < -0.3 is 0 Å². The van der Waals surface area contributed by atoms with Gasteiger partial charge in [0.15, 0.2) is 0 Å². The lowest BCUT2D eigenvalue weighted by Crippen LogP contribution is -1.91. The Hall–Kier alpha value is -2.67. The van der Waals surface area contributed by atoms with E-state index in [4.69, 9.17) is 0 Å². The molecule has 0 spiro atoms. The van der Waals surface area contributed by atoms with Crippen LogP contribution < -0.4 is 0 Å². The molecule has 0 radical (unpaired) electrons. The van der Waals surface area contributed by atoms with Crippen molar-refractivity contribution in [2.24, 2.45) is 0 Å². The molecule has 0 aliphatic carbocycles. The van der Waals surface area contributed by atoms with Crippen LogP contribution in [0, 0.1) is 12.7 Å². The van der Waals surface area contributed by atoms with Crippen molar-refractivity contribution in [2.45, 2.75) is 6.92 Å². The largest absolute Gasteiger partial charge is 0.206 e. The topological polar surface area (TPSA) is 0 Å². The molecule has 0 N–H and O–H groups in total. The zero-order valence-electron chi connectivity index (χ0n) is 12.2. The molecule has 0 aromatic heterocycles. The molecule has 1 heteroatoms. The monoisotopic (exact) mass is 284 g/mol. The predicted octanol–water partition coefficient (Wildman–Crippen LogP) is 6.18. The molecule has 5 aromatic carbocycles. The molecule has 22 heavy (non-hydrogen) atoms. The summed E-state index contributed by atoms with van der Waals surface area (Å²) in [7, 11) is 0. The molecule has 0 unspecified atom stereocenters. The molecule has 0 saturated heterocycles. The highest BCUT2D eigenvalue weighted by Gasteiger charge is 2.16. The van der Waals surface area contributed by atoms with Gasteiger partial charge in [0.1, 0.15) is 5.82 Å². The third-order valence-electron chi connectivity index (χ3n) is 4.80. The van der Waals surface area contributed by atoms with Gasteiger partial charge in [-0.1, -0.05) is 60.7 Å². The standard InChI is InChI=1S/C21H13F/c1-12-4-2-7-15-16-10-8-13-5-3-6-14-9-11-17(20(16)19(13)14)21(22)18(12)15/h2-11H,1H3. The summed E-state index contributed by atoms with van der Waals surface area (Å²) in [4.78, 5) is 0. The summed E-state index contributed by atoms with van der Waals surface area (Å²) in [5.74, 6) is -0.0983. The van der Waals surface area contributed by atoms with Gasteiger partial charge in [-0.2, -0.15) is 0 Å². The van der Waals surface area contributed by atoms with Crippen molar-refractivity contribution in [2.75, 3.05) is 0 Å². The normalized spacial score (nSPS) is 12.1. The molecule has 5 rings (SSSR count). The maximum Gasteiger partial charge on any atom is 0.139 e. The summed E-state index contributed by atoms with van der Waals surface area (Å²) in [5.41, 5.74) is 0.987. The second-order valence-electron chi connectivity index (χ2n) is 5.99. The predicted molar refractivity (Wildman–Crippen MR) is 92.3 cm³/mol. The molecule has 0 nitrogen and oxygen atoms in total. The number of benzene rings is 5. The minimum Gasteiger partial charge on any atom is -0.206 e. The Morgan fingerprint density at radius 1 is 0.591 bits per heavy atom. The van der Waals surface area contributed by atoms with Gasteiger partial charge in [0.05, 0.1) is 0 Å². The number of halogens is 1. The fourth-order valence-electron chi connectivity index (χ4n) is 3.81. The molecule has 0 atom stereocenters. The molecule has 5 aromatic rings. The first-order valence-corrected chi connectivity index (χ1v) is 7.50. The molecule has 0 aliphatic heterocycles. The summed E-state index contributed by atoms with van der Waals surface area (Å²) < 4.78 is 15.2. The zero-order chi connectivity index (χ0) is 14.8. The fourth-order valence-corrected chi connectivity index (χ4v) is 3.81. The summed E-state index contributed by atoms with van der Waals surface area (Å²) in [6.45, 7) is 1.98. The molecule has 0 heterocycles. The first kappa shape index (κ1) is 11.9. The van der Waals surface area contributed by atoms with Crippen LogP contribution in [0.3, 0.4) is 0 Å². The van der Waals surface area contributed by atoms with E-state index in [-0.39, 0.29) is 5.82 Å². The maximum atomic E-state index is 15.2. The average molecular weight is 284 g/mol. The van der Waals surface area contributed by atoms with Crippen LogP contribution in [-0.2, 0) is 0 Å². The number of hydrogen-bond donors (Lipinski definition) is 0. The lowest BCUT2D eigenvalue weighted by Gasteiger charge is -2.15. The number of fused-ring (bicyclic) bond motifs is 2. The van der Waals surface area contributed by atoms with Crippen molar-refractivity contribution < 1.29 is 4.39 Å². The highest BCUT2D eigenvalue weighted by Crippen LogP contribution is 2.40. The van der Waals surface area contributed by atoms with E-state index in [1.54, 1.807) is 0 Å². The fraction of sp³-hybridized carbons (Fsp3) is 0.0476. The molecule has 0 saturated carbocycles. The Morgan fingerprint density at radius 3 is 2.00 bits per heavy atom. The van der Waals surface area contributed by atoms with Crippen molar-refractivity contribution in [1.82, 2.24) is 0 Å². The van der Waals surface area contributed by atoms with Gasteiger partial charge in [-0.05, 0) is 39.4 Å². The minimum atomic E-state index is -0.0983. The van der Waals surface area contributed by atoms with E-state index in [2.05, 4.69) is 30.3 Å². The van der Waals surface area contributed by atoms with Gasteiger partial charge >= 0.3 is 0 Å². The van der Waals surface area contributed by atoms with Crippen molar-refractivity contribution in [1.29, 1.82) is 0 Å². The van der Waals surface area contributed by atoms with Crippen molar-refractivity contribution in [3.05, 3.63) is 72.0 Å². The number of rotatable bonds is 0. The van der Waals surface area contributed by atoms with Crippen molar-refractivity contribution >= 4 is 43.1 Å². The Kier molecular flexibility index (Phi) is 2.14. The van der Waals surface area contributed by atoms with E-state index in [0.717, 1.165) is 32.5 Å². The van der Waals surface area contributed by atoms with E-state index in [9.17, 15) is 0 Å². The quantitative estimate of drug-likeness (QED) is 0.235. The smallest absolute Gasteiger partial charge is 0.139 e. The van der Waals surface area contributed by atoms with Gasteiger partial charge in [-0.3, -0.25) is 0 Å². The van der Waals surface area contributed by atoms with Crippen LogP contribution in [0.4, 0.5) is 4.39 Å². The molecule has 0 bridgehead atoms. The minimum absolute atomic E-state index is 0.0983. The van der Waals surface area contributed by atoms with Crippen LogP contribution in [-0.4, -0.2) is 0 Å². The summed E-state index contributed by atoms with van der Waals surface area (Å²) in [6, 6.07) is 20.5. The Bertz CT molecular complexity index is 1170. The third-order valence-corrected chi connectivity index (χ3v) is 4.80. The average Bonchev–Trinajstić information content (AvgIpc) is 2.55. The van der Waals surface area contributed by atoms with Gasteiger partial charge in [0.25, 0.3) is 0 Å². The lowest BCUT2D eigenvalue weighted by molar-refractivity contribution is 0.651. The molecule has 0 amide bonds. The molecular formula is C21H13F. The summed E-state index contributed by atoms with van der Waals surface area (Å²) in [5, 5.41) is 8.16. The van der Waals surface area contributed by atoms with Crippen molar-refractivity contribution in [3.63, 3.8) is 0 Å². The Balaban J connectivity index is 2.25. The van der Waals surface area contributed by atoms with E-state index in [1.807, 2.05) is 37.3 Å². The first-order chi connectivity index (χ1) is 10.8. The highest BCUT2D eigenvalue weighted by atomic mass is 19.1. The van der Waals surface area contributed by atoms with Crippen LogP contribution in [0.25, 0.3) is 43.1 Å². The zero-order valence-corrected chi connectivity index (χ0v) is 12.2. The Morgan fingerprint density at radius 2 is 1.23 bits per heavy atom. The summed E-state index contributed by atoms with van der Waals surface area (Å²) >= 11 is 0. The van der Waals surface area contributed by atoms with Gasteiger partial charge in [0.2, 0.25) is 0 Å². The van der Waals surface area contributed by atoms with Crippen LogP contribution in [0.2, 0.25) is 0 Å². The third kappa shape index (κ3) is 1.31. The molecular weight excluding hydrogens is 271 g/mol. The van der Waals surface area contributed by atoms with Gasteiger partial charge in [0, 0.05) is 16.2 Å². The lowest BCUT2D eigenvalue weighted by atomic mass is 9.89. The van der Waals surface area contributed by atoms with Crippen molar-refractivity contribution in [3.8, 4) is 0 Å². The number of aryl methyl sites for hydroxylation is 1. The van der Waals surface area contributed by atoms with Crippen LogP contribution in [0.1, 0.15) is 5.56 Å². The van der Waals surface area contributed by atoms with E-state index in [0.29, 0.717) is 0 Å². The summed E-state index contributed by atoms with van der Waals surface area (Å²) in [6.07, 6.45) is 0. The molecule has 0 aliphatic rings.